The summed E-state index contributed by atoms with van der Waals surface area (Å²) >= 11 is 0. The predicted octanol–water partition coefficient (Wildman–Crippen LogP) is 3.41. The molecule has 66 valence electrons. The zero-order valence-electron chi connectivity index (χ0n) is 7.25. The Morgan fingerprint density at radius 2 is 1.92 bits per heavy atom. The molecule has 2 heteroatoms. The lowest BCUT2D eigenvalue weighted by Gasteiger charge is -2.02. The van der Waals surface area contributed by atoms with Crippen LogP contribution in [0.4, 0.5) is 4.53 Å². The van der Waals surface area contributed by atoms with Gasteiger partial charge in [-0.1, -0.05) is 24.3 Å². The number of rotatable bonds is 1. The molecule has 0 spiro atoms. The SMILES string of the molecule is Cc1cc(OF)cc2ccccc12. The van der Waals surface area contributed by atoms with E-state index < -0.39 is 0 Å². The lowest BCUT2D eigenvalue weighted by atomic mass is 10.1. The Morgan fingerprint density at radius 3 is 2.69 bits per heavy atom. The molecule has 0 heterocycles. The van der Waals surface area contributed by atoms with Crippen molar-refractivity contribution in [3.8, 4) is 5.75 Å². The van der Waals surface area contributed by atoms with Crippen molar-refractivity contribution in [2.24, 2.45) is 0 Å². The third-order valence-electron chi connectivity index (χ3n) is 2.13. The van der Waals surface area contributed by atoms with Crippen LogP contribution in [0.2, 0.25) is 0 Å². The standard InChI is InChI=1S/C11H9FO/c1-8-6-10(13-12)7-9-4-2-3-5-11(8)9/h2-7H,1H3. The van der Waals surface area contributed by atoms with Gasteiger partial charge >= 0.3 is 0 Å². The summed E-state index contributed by atoms with van der Waals surface area (Å²) in [7, 11) is 0. The minimum atomic E-state index is 0.260. The first-order valence-corrected chi connectivity index (χ1v) is 4.09. The molecular weight excluding hydrogens is 167 g/mol. The molecule has 13 heavy (non-hydrogen) atoms. The average molecular weight is 176 g/mol. The lowest BCUT2D eigenvalue weighted by Crippen LogP contribution is -1.81. The fourth-order valence-corrected chi connectivity index (χ4v) is 1.51. The molecule has 0 unspecified atom stereocenters. The number of halogens is 1. The lowest BCUT2D eigenvalue weighted by molar-refractivity contribution is -0.00609. The van der Waals surface area contributed by atoms with Crippen LogP contribution in [0.5, 0.6) is 5.75 Å². The first-order valence-electron chi connectivity index (χ1n) is 4.09. The zero-order valence-corrected chi connectivity index (χ0v) is 7.25. The number of hydrogen-bond donors (Lipinski definition) is 0. The second-order valence-corrected chi connectivity index (χ2v) is 3.04. The Hall–Kier alpha value is -1.57. The van der Waals surface area contributed by atoms with Gasteiger partial charge in [0.1, 0.15) is 0 Å². The van der Waals surface area contributed by atoms with E-state index in [-0.39, 0.29) is 5.75 Å². The molecule has 0 aliphatic heterocycles. The van der Waals surface area contributed by atoms with Crippen molar-refractivity contribution in [3.05, 3.63) is 42.0 Å². The minimum Gasteiger partial charge on any atom is -0.294 e. The molecule has 0 aliphatic carbocycles. The van der Waals surface area contributed by atoms with Crippen LogP contribution in [0.15, 0.2) is 36.4 Å². The number of aryl methyl sites for hydroxylation is 1. The van der Waals surface area contributed by atoms with Crippen molar-refractivity contribution in [2.45, 2.75) is 6.92 Å². The summed E-state index contributed by atoms with van der Waals surface area (Å²) in [6.07, 6.45) is 0. The van der Waals surface area contributed by atoms with E-state index in [9.17, 15) is 4.53 Å². The van der Waals surface area contributed by atoms with E-state index in [1.165, 1.54) is 0 Å². The highest BCUT2D eigenvalue weighted by Gasteiger charge is 2.00. The molecule has 0 N–H and O–H groups in total. The van der Waals surface area contributed by atoms with Crippen LogP contribution < -0.4 is 4.94 Å². The molecule has 0 atom stereocenters. The van der Waals surface area contributed by atoms with E-state index in [1.54, 1.807) is 12.1 Å². The second-order valence-electron chi connectivity index (χ2n) is 3.04. The third-order valence-corrected chi connectivity index (χ3v) is 2.13. The van der Waals surface area contributed by atoms with Crippen molar-refractivity contribution >= 4 is 10.8 Å². The second kappa shape index (κ2) is 3.05. The Balaban J connectivity index is 2.77. The summed E-state index contributed by atoms with van der Waals surface area (Å²) in [5, 5.41) is 2.12. The van der Waals surface area contributed by atoms with E-state index in [0.717, 1.165) is 16.3 Å². The van der Waals surface area contributed by atoms with E-state index in [2.05, 4.69) is 4.94 Å². The van der Waals surface area contributed by atoms with Gasteiger partial charge < -0.3 is 0 Å². The highest BCUT2D eigenvalue weighted by atomic mass is 19.3. The minimum absolute atomic E-state index is 0.260. The van der Waals surface area contributed by atoms with E-state index in [1.807, 2.05) is 31.2 Å². The summed E-state index contributed by atoms with van der Waals surface area (Å²) in [6, 6.07) is 11.2. The first kappa shape index (κ1) is 8.05. The smallest absolute Gasteiger partial charge is 0.172 e. The van der Waals surface area contributed by atoms with Crippen LogP contribution >= 0.6 is 0 Å². The number of hydrogen-bond acceptors (Lipinski definition) is 1. The fourth-order valence-electron chi connectivity index (χ4n) is 1.51. The fraction of sp³-hybridized carbons (Fsp3) is 0.0909. The molecule has 2 aromatic rings. The van der Waals surface area contributed by atoms with Gasteiger partial charge in [0.2, 0.25) is 0 Å². The summed E-state index contributed by atoms with van der Waals surface area (Å²) in [5.41, 5.74) is 1.02. The Kier molecular flexibility index (Phi) is 1.89. The van der Waals surface area contributed by atoms with Gasteiger partial charge in [-0.25, -0.2) is 0 Å². The molecule has 2 aromatic carbocycles. The van der Waals surface area contributed by atoms with Gasteiger partial charge in [0.25, 0.3) is 0 Å². The summed E-state index contributed by atoms with van der Waals surface area (Å²) in [4.78, 5) is 3.70. The molecule has 0 amide bonds. The van der Waals surface area contributed by atoms with Crippen molar-refractivity contribution in [1.29, 1.82) is 0 Å². The largest absolute Gasteiger partial charge is 0.294 e. The first-order chi connectivity index (χ1) is 6.31. The summed E-state index contributed by atoms with van der Waals surface area (Å²) < 4.78 is 11.9. The van der Waals surface area contributed by atoms with Crippen molar-refractivity contribution in [1.82, 2.24) is 0 Å². The van der Waals surface area contributed by atoms with Crippen molar-refractivity contribution in [3.63, 3.8) is 0 Å². The molecule has 0 radical (unpaired) electrons. The third kappa shape index (κ3) is 1.35. The van der Waals surface area contributed by atoms with Crippen molar-refractivity contribution in [2.75, 3.05) is 0 Å². The van der Waals surface area contributed by atoms with Gasteiger partial charge in [-0.05, 0) is 35.4 Å². The van der Waals surface area contributed by atoms with Gasteiger partial charge in [0.15, 0.2) is 5.75 Å². The number of benzene rings is 2. The Morgan fingerprint density at radius 1 is 1.15 bits per heavy atom. The molecule has 0 saturated carbocycles. The van der Waals surface area contributed by atoms with Gasteiger partial charge in [0, 0.05) is 4.53 Å². The van der Waals surface area contributed by atoms with Crippen LogP contribution in [-0.2, 0) is 0 Å². The molecule has 0 aromatic heterocycles. The van der Waals surface area contributed by atoms with E-state index in [0.29, 0.717) is 0 Å². The number of fused-ring (bicyclic) bond motifs is 1. The van der Waals surface area contributed by atoms with Gasteiger partial charge in [0.05, 0.1) is 0 Å². The topological polar surface area (TPSA) is 9.23 Å². The highest BCUT2D eigenvalue weighted by Crippen LogP contribution is 2.24. The molecule has 2 rings (SSSR count). The normalized spacial score (nSPS) is 10.3. The molecule has 0 bridgehead atoms. The van der Waals surface area contributed by atoms with Crippen LogP contribution in [0.25, 0.3) is 10.8 Å². The van der Waals surface area contributed by atoms with Crippen LogP contribution in [-0.4, -0.2) is 0 Å². The molecule has 0 fully saturated rings. The van der Waals surface area contributed by atoms with Gasteiger partial charge in [-0.2, -0.15) is 0 Å². The summed E-state index contributed by atoms with van der Waals surface area (Å²) in [5.74, 6) is 0.260. The van der Waals surface area contributed by atoms with E-state index in [4.69, 9.17) is 0 Å². The van der Waals surface area contributed by atoms with Gasteiger partial charge in [-0.15, -0.1) is 0 Å². The highest BCUT2D eigenvalue weighted by molar-refractivity contribution is 5.86. The average Bonchev–Trinajstić information content (AvgIpc) is 2.18. The quantitative estimate of drug-likeness (QED) is 0.647. The summed E-state index contributed by atoms with van der Waals surface area (Å²) in [6.45, 7) is 1.94. The maximum Gasteiger partial charge on any atom is 0.172 e. The monoisotopic (exact) mass is 176 g/mol. The molecule has 0 aliphatic rings. The zero-order chi connectivity index (χ0) is 9.26. The molecule has 0 saturated heterocycles. The molecular formula is C11H9FO. The molecule has 1 nitrogen and oxygen atoms in total. The maximum absolute atomic E-state index is 11.9. The Labute approximate surface area is 75.7 Å². The van der Waals surface area contributed by atoms with Crippen LogP contribution in [0.1, 0.15) is 5.56 Å². The van der Waals surface area contributed by atoms with E-state index >= 15 is 0 Å². The predicted molar refractivity (Wildman–Crippen MR) is 50.4 cm³/mol. The van der Waals surface area contributed by atoms with Crippen LogP contribution in [0, 0.1) is 6.92 Å². The van der Waals surface area contributed by atoms with Gasteiger partial charge in [-0.3, -0.25) is 4.94 Å². The maximum atomic E-state index is 11.9. The van der Waals surface area contributed by atoms with Crippen molar-refractivity contribution < 1.29 is 9.47 Å². The Bertz CT molecular complexity index is 437. The van der Waals surface area contributed by atoms with Crippen LogP contribution in [0.3, 0.4) is 0 Å².